The Hall–Kier alpha value is -1.79. The van der Waals surface area contributed by atoms with Crippen LogP contribution in [0.4, 0.5) is 22.4 Å². The number of alkyl halides is 3. The normalized spacial score (nSPS) is 11.2. The van der Waals surface area contributed by atoms with Crippen LogP contribution in [0.3, 0.4) is 0 Å². The summed E-state index contributed by atoms with van der Waals surface area (Å²) in [7, 11) is 0. The second-order valence-electron chi connectivity index (χ2n) is 2.94. The van der Waals surface area contributed by atoms with Crippen molar-refractivity contribution in [2.24, 2.45) is 0 Å². The number of amides is 1. The number of halogens is 4. The van der Waals surface area contributed by atoms with Gasteiger partial charge in [0, 0.05) is 12.1 Å². The number of nitrogens with one attached hydrogen (secondary N) is 1. The summed E-state index contributed by atoms with van der Waals surface area (Å²) in [6.07, 6.45) is -6.22. The molecule has 0 heterocycles. The molecule has 1 rings (SSSR count). The average Bonchev–Trinajstić information content (AvgIpc) is 2.14. The number of benzene rings is 1. The SMILES string of the molecule is O=C(O)NCc1cccc(C(F)(F)F)c1F. The second kappa shape index (κ2) is 4.38. The van der Waals surface area contributed by atoms with E-state index in [0.29, 0.717) is 6.07 Å². The molecule has 2 N–H and O–H groups in total. The minimum absolute atomic E-state index is 0.350. The zero-order chi connectivity index (χ0) is 12.3. The van der Waals surface area contributed by atoms with E-state index in [-0.39, 0.29) is 5.56 Å². The molecule has 0 spiro atoms. The standard InChI is InChI=1S/C9H7F4NO2/c10-7-5(4-14-8(15)16)2-1-3-6(7)9(11,12)13/h1-3,14H,4H2,(H,15,16). The minimum Gasteiger partial charge on any atom is -0.465 e. The largest absolute Gasteiger partial charge is 0.465 e. The van der Waals surface area contributed by atoms with Gasteiger partial charge in [0.2, 0.25) is 0 Å². The summed E-state index contributed by atoms with van der Waals surface area (Å²) in [6, 6.07) is 2.70. The molecule has 0 radical (unpaired) electrons. The average molecular weight is 237 g/mol. The van der Waals surface area contributed by atoms with Crippen LogP contribution in [0, 0.1) is 5.82 Å². The van der Waals surface area contributed by atoms with Crippen molar-refractivity contribution in [2.75, 3.05) is 0 Å². The van der Waals surface area contributed by atoms with Crippen molar-refractivity contribution >= 4 is 6.09 Å². The summed E-state index contributed by atoms with van der Waals surface area (Å²) in [5, 5.41) is 10.0. The zero-order valence-electron chi connectivity index (χ0n) is 7.81. The Morgan fingerprint density at radius 1 is 1.38 bits per heavy atom. The van der Waals surface area contributed by atoms with Gasteiger partial charge in [-0.05, 0) is 6.07 Å². The van der Waals surface area contributed by atoms with Crippen molar-refractivity contribution in [1.82, 2.24) is 5.32 Å². The van der Waals surface area contributed by atoms with Crippen molar-refractivity contribution < 1.29 is 27.5 Å². The molecule has 7 heteroatoms. The fourth-order valence-electron chi connectivity index (χ4n) is 1.11. The lowest BCUT2D eigenvalue weighted by Crippen LogP contribution is -2.21. The number of carbonyl (C=O) groups is 1. The Kier molecular flexibility index (Phi) is 3.36. The van der Waals surface area contributed by atoms with Crippen LogP contribution in [0.25, 0.3) is 0 Å². The monoisotopic (exact) mass is 237 g/mol. The number of rotatable bonds is 2. The molecule has 16 heavy (non-hydrogen) atoms. The van der Waals surface area contributed by atoms with Crippen LogP contribution < -0.4 is 5.32 Å². The van der Waals surface area contributed by atoms with Crippen molar-refractivity contribution in [3.63, 3.8) is 0 Å². The van der Waals surface area contributed by atoms with E-state index in [1.165, 1.54) is 0 Å². The molecule has 3 nitrogen and oxygen atoms in total. The lowest BCUT2D eigenvalue weighted by molar-refractivity contribution is -0.140. The molecule has 0 aliphatic carbocycles. The Morgan fingerprint density at radius 3 is 2.50 bits per heavy atom. The molecule has 88 valence electrons. The minimum atomic E-state index is -4.79. The van der Waals surface area contributed by atoms with E-state index in [2.05, 4.69) is 0 Å². The quantitative estimate of drug-likeness (QED) is 0.777. The molecule has 0 bridgehead atoms. The van der Waals surface area contributed by atoms with E-state index in [1.54, 1.807) is 5.32 Å². The van der Waals surface area contributed by atoms with Crippen LogP contribution in [0.2, 0.25) is 0 Å². The van der Waals surface area contributed by atoms with Crippen LogP contribution >= 0.6 is 0 Å². The highest BCUT2D eigenvalue weighted by atomic mass is 19.4. The highest BCUT2D eigenvalue weighted by Gasteiger charge is 2.34. The van der Waals surface area contributed by atoms with Crippen molar-refractivity contribution in [3.05, 3.63) is 35.1 Å². The van der Waals surface area contributed by atoms with Gasteiger partial charge in [0.1, 0.15) is 5.82 Å². The summed E-state index contributed by atoms with van der Waals surface area (Å²) in [4.78, 5) is 10.1. The Balaban J connectivity index is 3.00. The molecule has 1 aromatic rings. The van der Waals surface area contributed by atoms with Crippen LogP contribution in [0.1, 0.15) is 11.1 Å². The zero-order valence-corrected chi connectivity index (χ0v) is 7.81. The molecule has 0 aliphatic heterocycles. The topological polar surface area (TPSA) is 49.3 Å². The van der Waals surface area contributed by atoms with E-state index in [9.17, 15) is 22.4 Å². The first-order chi connectivity index (χ1) is 7.32. The molecular formula is C9H7F4NO2. The fourth-order valence-corrected chi connectivity index (χ4v) is 1.11. The lowest BCUT2D eigenvalue weighted by Gasteiger charge is -2.10. The van der Waals surface area contributed by atoms with Gasteiger partial charge in [0.25, 0.3) is 0 Å². The van der Waals surface area contributed by atoms with Gasteiger partial charge in [0.15, 0.2) is 0 Å². The van der Waals surface area contributed by atoms with Crippen LogP contribution in [0.5, 0.6) is 0 Å². The van der Waals surface area contributed by atoms with Crippen molar-refractivity contribution in [3.8, 4) is 0 Å². The summed E-state index contributed by atoms with van der Waals surface area (Å²) < 4.78 is 50.0. The maximum absolute atomic E-state index is 13.3. The van der Waals surface area contributed by atoms with E-state index < -0.39 is 30.2 Å². The molecule has 0 aromatic heterocycles. The van der Waals surface area contributed by atoms with Gasteiger partial charge in [-0.15, -0.1) is 0 Å². The molecule has 1 amide bonds. The Labute approximate surface area is 87.7 Å². The van der Waals surface area contributed by atoms with Crippen molar-refractivity contribution in [1.29, 1.82) is 0 Å². The predicted octanol–water partition coefficient (Wildman–Crippen LogP) is 2.61. The maximum Gasteiger partial charge on any atom is 0.419 e. The maximum atomic E-state index is 13.3. The first kappa shape index (κ1) is 12.3. The molecule has 0 unspecified atom stereocenters. The van der Waals surface area contributed by atoms with Gasteiger partial charge in [-0.25, -0.2) is 9.18 Å². The molecule has 0 atom stereocenters. The first-order valence-corrected chi connectivity index (χ1v) is 4.13. The van der Waals surface area contributed by atoms with Gasteiger partial charge in [-0.3, -0.25) is 0 Å². The third kappa shape index (κ3) is 2.85. The Morgan fingerprint density at radius 2 is 2.00 bits per heavy atom. The fraction of sp³-hybridized carbons (Fsp3) is 0.222. The highest BCUT2D eigenvalue weighted by Crippen LogP contribution is 2.32. The van der Waals surface area contributed by atoms with E-state index >= 15 is 0 Å². The number of carboxylic acid groups (broad SMARTS) is 1. The third-order valence-electron chi connectivity index (χ3n) is 1.81. The third-order valence-corrected chi connectivity index (χ3v) is 1.81. The van der Waals surface area contributed by atoms with Crippen LogP contribution in [-0.2, 0) is 12.7 Å². The summed E-state index contributed by atoms with van der Waals surface area (Å²) in [5.41, 5.74) is -1.76. The van der Waals surface area contributed by atoms with Crippen molar-refractivity contribution in [2.45, 2.75) is 12.7 Å². The van der Waals surface area contributed by atoms with E-state index in [1.807, 2.05) is 0 Å². The molecular weight excluding hydrogens is 230 g/mol. The first-order valence-electron chi connectivity index (χ1n) is 4.13. The number of hydrogen-bond acceptors (Lipinski definition) is 1. The summed E-state index contributed by atoms with van der Waals surface area (Å²) in [6.45, 7) is -0.509. The second-order valence-corrected chi connectivity index (χ2v) is 2.94. The molecule has 0 saturated heterocycles. The molecule has 0 aliphatic rings. The van der Waals surface area contributed by atoms with Gasteiger partial charge in [-0.1, -0.05) is 12.1 Å². The van der Waals surface area contributed by atoms with Gasteiger partial charge in [0.05, 0.1) is 5.56 Å². The van der Waals surface area contributed by atoms with Gasteiger partial charge >= 0.3 is 12.3 Å². The molecule has 1 aromatic carbocycles. The van der Waals surface area contributed by atoms with E-state index in [0.717, 1.165) is 12.1 Å². The Bertz CT molecular complexity index is 403. The van der Waals surface area contributed by atoms with E-state index in [4.69, 9.17) is 5.11 Å². The molecule has 0 fully saturated rings. The van der Waals surface area contributed by atoms with Gasteiger partial charge in [-0.2, -0.15) is 13.2 Å². The summed E-state index contributed by atoms with van der Waals surface area (Å²) >= 11 is 0. The predicted molar refractivity (Wildman–Crippen MR) is 46.3 cm³/mol. The number of hydrogen-bond donors (Lipinski definition) is 2. The smallest absolute Gasteiger partial charge is 0.419 e. The lowest BCUT2D eigenvalue weighted by atomic mass is 10.1. The molecule has 0 saturated carbocycles. The van der Waals surface area contributed by atoms with Crippen LogP contribution in [-0.4, -0.2) is 11.2 Å². The summed E-state index contributed by atoms with van der Waals surface area (Å²) in [5.74, 6) is -1.45. The van der Waals surface area contributed by atoms with Crippen LogP contribution in [0.15, 0.2) is 18.2 Å². The highest BCUT2D eigenvalue weighted by molar-refractivity contribution is 5.64. The van der Waals surface area contributed by atoms with Gasteiger partial charge < -0.3 is 10.4 Å².